The summed E-state index contributed by atoms with van der Waals surface area (Å²) in [6, 6.07) is 0. The van der Waals surface area contributed by atoms with Gasteiger partial charge in [-0.1, -0.05) is 0 Å². The Morgan fingerprint density at radius 3 is 0.714 bits per heavy atom. The Bertz CT molecular complexity index is 420. The van der Waals surface area contributed by atoms with E-state index in [9.17, 15) is 28.8 Å². The summed E-state index contributed by atoms with van der Waals surface area (Å²) in [4.78, 5) is 71.5. The van der Waals surface area contributed by atoms with Gasteiger partial charge in [0.25, 0.3) is 0 Å². The number of ketones is 6. The van der Waals surface area contributed by atoms with Crippen molar-refractivity contribution in [3.63, 3.8) is 0 Å². The molecule has 0 spiro atoms. The van der Waals surface area contributed by atoms with Gasteiger partial charge < -0.3 is 0 Å². The van der Waals surface area contributed by atoms with Gasteiger partial charge in [0.15, 0.2) is 34.7 Å². The highest BCUT2D eigenvalue weighted by Gasteiger charge is 2.57. The minimum atomic E-state index is -2.15. The Hall–Kier alpha value is -1.98. The fourth-order valence-electron chi connectivity index (χ4n) is 2.63. The zero-order valence-electron chi connectivity index (χ0n) is 13.2. The van der Waals surface area contributed by atoms with Gasteiger partial charge in [-0.2, -0.15) is 0 Å². The van der Waals surface area contributed by atoms with Crippen LogP contribution in [-0.2, 0) is 28.8 Å². The molecular formula is C15H20O6. The first-order valence-corrected chi connectivity index (χ1v) is 6.43. The number of rotatable bonds is 8. The van der Waals surface area contributed by atoms with E-state index in [2.05, 4.69) is 0 Å². The number of Topliss-reactive ketones (excluding diaryl/α,β-unsaturated/α-hetero) is 6. The molecule has 0 aliphatic rings. The quantitative estimate of drug-likeness (QED) is 0.616. The lowest BCUT2D eigenvalue weighted by atomic mass is 9.61. The first-order valence-electron chi connectivity index (χ1n) is 6.43. The topological polar surface area (TPSA) is 102 Å². The van der Waals surface area contributed by atoms with Crippen LogP contribution in [0.5, 0.6) is 0 Å². The van der Waals surface area contributed by atoms with E-state index in [0.717, 1.165) is 41.5 Å². The van der Waals surface area contributed by atoms with Crippen LogP contribution in [0.2, 0.25) is 0 Å². The number of hydrogen-bond acceptors (Lipinski definition) is 6. The number of carbonyl (C=O) groups excluding carboxylic acids is 6. The lowest BCUT2D eigenvalue weighted by Crippen LogP contribution is -2.54. The van der Waals surface area contributed by atoms with Gasteiger partial charge >= 0.3 is 0 Å². The molecule has 6 nitrogen and oxygen atoms in total. The Morgan fingerprint density at radius 2 is 0.619 bits per heavy atom. The van der Waals surface area contributed by atoms with E-state index in [1.165, 1.54) is 0 Å². The first-order chi connectivity index (χ1) is 9.37. The second kappa shape index (κ2) is 6.20. The lowest BCUT2D eigenvalue weighted by molar-refractivity contribution is -0.154. The Balaban J connectivity index is 6.47. The van der Waals surface area contributed by atoms with E-state index in [0.29, 0.717) is 0 Å². The van der Waals surface area contributed by atoms with Crippen molar-refractivity contribution >= 4 is 34.7 Å². The summed E-state index contributed by atoms with van der Waals surface area (Å²) in [5, 5.41) is 0. The molecule has 0 saturated heterocycles. The zero-order chi connectivity index (χ0) is 17.2. The highest BCUT2D eigenvalue weighted by Crippen LogP contribution is 2.39. The molecule has 0 rings (SSSR count). The number of carbonyl (C=O) groups is 6. The van der Waals surface area contributed by atoms with E-state index in [1.807, 2.05) is 0 Å². The minimum absolute atomic E-state index is 0.736. The maximum atomic E-state index is 11.9. The lowest BCUT2D eigenvalue weighted by Gasteiger charge is -2.35. The normalized spacial score (nSPS) is 11.7. The molecule has 0 aromatic heterocycles. The fourth-order valence-corrected chi connectivity index (χ4v) is 2.63. The molecule has 0 aliphatic heterocycles. The van der Waals surface area contributed by atoms with Gasteiger partial charge in [0.1, 0.15) is 10.8 Å². The molecule has 0 N–H and O–H groups in total. The zero-order valence-corrected chi connectivity index (χ0v) is 13.2. The summed E-state index contributed by atoms with van der Waals surface area (Å²) < 4.78 is 0. The van der Waals surface area contributed by atoms with Gasteiger partial charge in [-0.25, -0.2) is 0 Å². The van der Waals surface area contributed by atoms with Crippen molar-refractivity contribution in [3.05, 3.63) is 0 Å². The fraction of sp³-hybridized carbons (Fsp3) is 0.600. The SMILES string of the molecule is CC(=O)C(CC(C(C)=O)(C(C)=O)C(C)=O)(C(C)=O)C(C)=O. The van der Waals surface area contributed by atoms with Gasteiger partial charge in [0.05, 0.1) is 0 Å². The maximum absolute atomic E-state index is 11.9. The van der Waals surface area contributed by atoms with Crippen LogP contribution in [0.15, 0.2) is 0 Å². The van der Waals surface area contributed by atoms with E-state index in [4.69, 9.17) is 0 Å². The summed E-state index contributed by atoms with van der Waals surface area (Å²) in [5.74, 6) is -4.69. The Kier molecular flexibility index (Phi) is 5.61. The van der Waals surface area contributed by atoms with Gasteiger partial charge in [-0.3, -0.25) is 28.8 Å². The molecule has 0 atom stereocenters. The molecule has 0 radical (unpaired) electrons. The molecular weight excluding hydrogens is 276 g/mol. The third kappa shape index (κ3) is 2.89. The molecule has 21 heavy (non-hydrogen) atoms. The van der Waals surface area contributed by atoms with E-state index >= 15 is 0 Å². The predicted molar refractivity (Wildman–Crippen MR) is 73.6 cm³/mol. The maximum Gasteiger partial charge on any atom is 0.150 e. The second-order valence-corrected chi connectivity index (χ2v) is 5.32. The van der Waals surface area contributed by atoms with E-state index in [-0.39, 0.29) is 0 Å². The van der Waals surface area contributed by atoms with Crippen molar-refractivity contribution in [1.82, 2.24) is 0 Å². The van der Waals surface area contributed by atoms with Crippen LogP contribution in [-0.4, -0.2) is 34.7 Å². The van der Waals surface area contributed by atoms with Crippen molar-refractivity contribution < 1.29 is 28.8 Å². The molecule has 0 unspecified atom stereocenters. The van der Waals surface area contributed by atoms with Crippen LogP contribution >= 0.6 is 0 Å². The van der Waals surface area contributed by atoms with Crippen LogP contribution in [0, 0.1) is 10.8 Å². The van der Waals surface area contributed by atoms with Gasteiger partial charge in [0, 0.05) is 6.42 Å². The summed E-state index contributed by atoms with van der Waals surface area (Å²) in [5.41, 5.74) is -4.30. The van der Waals surface area contributed by atoms with Crippen LogP contribution in [0.25, 0.3) is 0 Å². The molecule has 6 heteroatoms. The van der Waals surface area contributed by atoms with Crippen LogP contribution in [0.4, 0.5) is 0 Å². The van der Waals surface area contributed by atoms with E-state index in [1.54, 1.807) is 0 Å². The molecule has 0 aromatic carbocycles. The highest BCUT2D eigenvalue weighted by molar-refractivity contribution is 6.27. The van der Waals surface area contributed by atoms with Crippen molar-refractivity contribution in [3.8, 4) is 0 Å². The Labute approximate surface area is 123 Å². The monoisotopic (exact) mass is 296 g/mol. The average molecular weight is 296 g/mol. The van der Waals surface area contributed by atoms with Crippen molar-refractivity contribution in [1.29, 1.82) is 0 Å². The molecule has 0 saturated carbocycles. The first kappa shape index (κ1) is 19.0. The summed E-state index contributed by atoms with van der Waals surface area (Å²) in [6.45, 7) is 6.21. The molecule has 0 amide bonds. The molecule has 0 bridgehead atoms. The highest BCUT2D eigenvalue weighted by atomic mass is 16.2. The summed E-state index contributed by atoms with van der Waals surface area (Å²) >= 11 is 0. The van der Waals surface area contributed by atoms with E-state index < -0.39 is 52.0 Å². The minimum Gasteiger partial charge on any atom is -0.298 e. The molecule has 0 aromatic rings. The van der Waals surface area contributed by atoms with Crippen LogP contribution < -0.4 is 0 Å². The molecule has 0 heterocycles. The van der Waals surface area contributed by atoms with Gasteiger partial charge in [0.2, 0.25) is 0 Å². The second-order valence-electron chi connectivity index (χ2n) is 5.32. The smallest absolute Gasteiger partial charge is 0.150 e. The van der Waals surface area contributed by atoms with Crippen molar-refractivity contribution in [2.24, 2.45) is 10.8 Å². The predicted octanol–water partition coefficient (Wildman–Crippen LogP) is 0.883. The Morgan fingerprint density at radius 1 is 0.476 bits per heavy atom. The average Bonchev–Trinajstić information content (AvgIpc) is 2.26. The van der Waals surface area contributed by atoms with Crippen LogP contribution in [0.1, 0.15) is 48.0 Å². The van der Waals surface area contributed by atoms with Crippen molar-refractivity contribution in [2.45, 2.75) is 48.0 Å². The molecule has 0 fully saturated rings. The van der Waals surface area contributed by atoms with Crippen LogP contribution in [0.3, 0.4) is 0 Å². The molecule has 0 aliphatic carbocycles. The molecule has 116 valence electrons. The number of hydrogen-bond donors (Lipinski definition) is 0. The third-order valence-corrected chi connectivity index (χ3v) is 4.14. The third-order valence-electron chi connectivity index (χ3n) is 4.14. The van der Waals surface area contributed by atoms with Gasteiger partial charge in [-0.05, 0) is 41.5 Å². The standard InChI is InChI=1S/C15H20O6/c1-8(16)14(9(2)17,10(3)18)7-15(11(4)19,12(5)20)13(6)21/h7H2,1-6H3. The largest absolute Gasteiger partial charge is 0.298 e. The summed E-state index contributed by atoms with van der Waals surface area (Å²) in [7, 11) is 0. The van der Waals surface area contributed by atoms with Crippen molar-refractivity contribution in [2.75, 3.05) is 0 Å². The van der Waals surface area contributed by atoms with Gasteiger partial charge in [-0.15, -0.1) is 0 Å². The summed E-state index contributed by atoms with van der Waals surface area (Å²) in [6.07, 6.45) is -0.736.